The number of methoxy groups -OCH3 is 1. The SMILES string of the molecule is COc1ccc(C(=O)Nc2nc3c(s2)CCCC3C(=O)N2CCN(c3ccc(C(C)=O)cc3)CC2)cc1. The van der Waals surface area contributed by atoms with Gasteiger partial charge < -0.3 is 14.5 Å². The Hall–Kier alpha value is -3.72. The Morgan fingerprint density at radius 1 is 0.973 bits per heavy atom. The van der Waals surface area contributed by atoms with Gasteiger partial charge >= 0.3 is 0 Å². The summed E-state index contributed by atoms with van der Waals surface area (Å²) in [4.78, 5) is 47.8. The third-order valence-corrected chi connectivity index (χ3v) is 8.10. The Labute approximate surface area is 220 Å². The molecule has 1 fully saturated rings. The van der Waals surface area contributed by atoms with Gasteiger partial charge in [-0.3, -0.25) is 19.7 Å². The number of nitrogens with zero attached hydrogens (tertiary/aromatic N) is 3. The molecule has 5 rings (SSSR count). The van der Waals surface area contributed by atoms with Gasteiger partial charge in [-0.05, 0) is 74.7 Å². The van der Waals surface area contributed by atoms with Crippen LogP contribution >= 0.6 is 11.3 Å². The molecule has 1 atom stereocenters. The summed E-state index contributed by atoms with van der Waals surface area (Å²) in [5.74, 6) is 0.358. The third kappa shape index (κ3) is 5.36. The van der Waals surface area contributed by atoms with Crippen molar-refractivity contribution in [3.8, 4) is 5.75 Å². The van der Waals surface area contributed by atoms with Crippen LogP contribution in [0.3, 0.4) is 0 Å². The molecule has 2 amide bonds. The molecule has 192 valence electrons. The van der Waals surface area contributed by atoms with Crippen LogP contribution in [-0.4, -0.2) is 60.8 Å². The number of nitrogens with one attached hydrogen (secondary N) is 1. The van der Waals surface area contributed by atoms with Crippen LogP contribution in [0.25, 0.3) is 0 Å². The number of Topliss-reactive ketones (excluding diaryl/α,β-unsaturated/α-hetero) is 1. The number of rotatable bonds is 6. The molecule has 1 aliphatic heterocycles. The van der Waals surface area contributed by atoms with Crippen molar-refractivity contribution in [2.75, 3.05) is 43.5 Å². The number of hydrogen-bond donors (Lipinski definition) is 1. The lowest BCUT2D eigenvalue weighted by atomic mass is 9.89. The van der Waals surface area contributed by atoms with E-state index in [-0.39, 0.29) is 23.5 Å². The lowest BCUT2D eigenvalue weighted by molar-refractivity contribution is -0.133. The van der Waals surface area contributed by atoms with Crippen molar-refractivity contribution in [2.24, 2.45) is 0 Å². The molecule has 0 bridgehead atoms. The molecule has 1 aromatic heterocycles. The summed E-state index contributed by atoms with van der Waals surface area (Å²) in [7, 11) is 1.59. The monoisotopic (exact) mass is 518 g/mol. The quantitative estimate of drug-likeness (QED) is 0.487. The van der Waals surface area contributed by atoms with Gasteiger partial charge in [-0.2, -0.15) is 0 Å². The molecule has 3 aromatic rings. The molecule has 9 heteroatoms. The number of benzene rings is 2. The normalized spacial score (nSPS) is 17.2. The van der Waals surface area contributed by atoms with Gasteiger partial charge in [0.25, 0.3) is 5.91 Å². The van der Waals surface area contributed by atoms with Crippen molar-refractivity contribution in [1.29, 1.82) is 0 Å². The van der Waals surface area contributed by atoms with Crippen LogP contribution in [-0.2, 0) is 11.2 Å². The van der Waals surface area contributed by atoms with Crippen LogP contribution in [0.15, 0.2) is 48.5 Å². The van der Waals surface area contributed by atoms with Crippen molar-refractivity contribution in [2.45, 2.75) is 32.1 Å². The minimum atomic E-state index is -0.270. The molecule has 2 aliphatic rings. The van der Waals surface area contributed by atoms with Crippen LogP contribution in [0.1, 0.15) is 57.0 Å². The van der Waals surface area contributed by atoms with Gasteiger partial charge in [0.05, 0.1) is 18.7 Å². The smallest absolute Gasteiger partial charge is 0.257 e. The van der Waals surface area contributed by atoms with E-state index in [9.17, 15) is 14.4 Å². The number of anilines is 2. The number of amides is 2. The van der Waals surface area contributed by atoms with Crippen molar-refractivity contribution in [3.63, 3.8) is 0 Å². The summed E-state index contributed by atoms with van der Waals surface area (Å²) in [6.45, 7) is 4.33. The highest BCUT2D eigenvalue weighted by Gasteiger charge is 2.34. The van der Waals surface area contributed by atoms with Crippen molar-refractivity contribution < 1.29 is 19.1 Å². The number of piperazine rings is 1. The van der Waals surface area contributed by atoms with Crippen LogP contribution in [0, 0.1) is 0 Å². The summed E-state index contributed by atoms with van der Waals surface area (Å²) >= 11 is 1.46. The van der Waals surface area contributed by atoms with E-state index in [4.69, 9.17) is 9.72 Å². The molecule has 37 heavy (non-hydrogen) atoms. The second-order valence-electron chi connectivity index (χ2n) is 9.37. The third-order valence-electron chi connectivity index (χ3n) is 7.06. The van der Waals surface area contributed by atoms with E-state index in [2.05, 4.69) is 10.2 Å². The van der Waals surface area contributed by atoms with Crippen LogP contribution < -0.4 is 15.0 Å². The van der Waals surface area contributed by atoms with E-state index in [0.717, 1.165) is 48.6 Å². The highest BCUT2D eigenvalue weighted by Crippen LogP contribution is 2.38. The number of carbonyl (C=O) groups excluding carboxylic acids is 3. The fraction of sp³-hybridized carbons (Fsp3) is 0.357. The fourth-order valence-corrected chi connectivity index (χ4v) is 6.00. The molecule has 1 saturated heterocycles. The lowest BCUT2D eigenvalue weighted by Gasteiger charge is -2.38. The fourth-order valence-electron chi connectivity index (χ4n) is 4.94. The largest absolute Gasteiger partial charge is 0.497 e. The molecule has 0 spiro atoms. The molecule has 2 heterocycles. The average molecular weight is 519 g/mol. The number of aromatic nitrogens is 1. The van der Waals surface area contributed by atoms with Crippen molar-refractivity contribution >= 4 is 39.8 Å². The number of thiazole rings is 1. The molecular weight excluding hydrogens is 488 g/mol. The Kier molecular flexibility index (Phi) is 7.23. The van der Waals surface area contributed by atoms with Gasteiger partial charge in [-0.15, -0.1) is 11.3 Å². The van der Waals surface area contributed by atoms with Crippen LogP contribution in [0.5, 0.6) is 5.75 Å². The predicted octanol–water partition coefficient (Wildman–Crippen LogP) is 4.38. The summed E-state index contributed by atoms with van der Waals surface area (Å²) in [6.07, 6.45) is 2.58. The van der Waals surface area contributed by atoms with Gasteiger partial charge in [0.2, 0.25) is 5.91 Å². The topological polar surface area (TPSA) is 91.8 Å². The van der Waals surface area contributed by atoms with E-state index >= 15 is 0 Å². The zero-order valence-electron chi connectivity index (χ0n) is 21.0. The molecule has 0 saturated carbocycles. The van der Waals surface area contributed by atoms with Crippen molar-refractivity contribution in [1.82, 2.24) is 9.88 Å². The van der Waals surface area contributed by atoms with Gasteiger partial charge in [-0.25, -0.2) is 4.98 Å². The Morgan fingerprint density at radius 3 is 2.30 bits per heavy atom. The Morgan fingerprint density at radius 2 is 1.65 bits per heavy atom. The maximum atomic E-state index is 13.5. The first-order valence-electron chi connectivity index (χ1n) is 12.5. The second kappa shape index (κ2) is 10.7. The van der Waals surface area contributed by atoms with E-state index in [1.54, 1.807) is 38.3 Å². The molecule has 1 N–H and O–H groups in total. The zero-order chi connectivity index (χ0) is 25.9. The van der Waals surface area contributed by atoms with E-state index in [0.29, 0.717) is 35.1 Å². The highest BCUT2D eigenvalue weighted by atomic mass is 32.1. The van der Waals surface area contributed by atoms with Crippen LogP contribution in [0.2, 0.25) is 0 Å². The van der Waals surface area contributed by atoms with Gasteiger partial charge in [0.1, 0.15) is 5.75 Å². The van der Waals surface area contributed by atoms with Gasteiger partial charge in [-0.1, -0.05) is 0 Å². The predicted molar refractivity (Wildman–Crippen MR) is 144 cm³/mol. The number of ether oxygens (including phenoxy) is 1. The van der Waals surface area contributed by atoms with Crippen LogP contribution in [0.4, 0.5) is 10.8 Å². The van der Waals surface area contributed by atoms with Crippen molar-refractivity contribution in [3.05, 3.63) is 70.2 Å². The maximum absolute atomic E-state index is 13.5. The maximum Gasteiger partial charge on any atom is 0.257 e. The first-order valence-corrected chi connectivity index (χ1v) is 13.3. The van der Waals surface area contributed by atoms with E-state index in [1.807, 2.05) is 29.2 Å². The molecular formula is C28H30N4O4S. The number of ketones is 1. The molecule has 8 nitrogen and oxygen atoms in total. The molecule has 2 aromatic carbocycles. The minimum absolute atomic E-state index is 0.0549. The first kappa shape index (κ1) is 25.0. The molecule has 1 aliphatic carbocycles. The Bertz CT molecular complexity index is 1290. The number of hydrogen-bond acceptors (Lipinski definition) is 7. The van der Waals surface area contributed by atoms with E-state index < -0.39 is 0 Å². The summed E-state index contributed by atoms with van der Waals surface area (Å²) in [5.41, 5.74) is 3.10. The summed E-state index contributed by atoms with van der Waals surface area (Å²) in [6, 6.07) is 14.6. The highest BCUT2D eigenvalue weighted by molar-refractivity contribution is 7.16. The zero-order valence-corrected chi connectivity index (χ0v) is 21.8. The van der Waals surface area contributed by atoms with Gasteiger partial charge in [0.15, 0.2) is 10.9 Å². The van der Waals surface area contributed by atoms with Gasteiger partial charge in [0, 0.05) is 47.9 Å². The summed E-state index contributed by atoms with van der Waals surface area (Å²) < 4.78 is 5.16. The molecule has 0 radical (unpaired) electrons. The Balaban J connectivity index is 1.22. The average Bonchev–Trinajstić information content (AvgIpc) is 3.35. The standard InChI is InChI=1S/C28H30N4O4S/c1-18(33)19-6-10-21(11-7-19)31-14-16-32(17-15-31)27(35)23-4-3-5-24-25(23)29-28(37-24)30-26(34)20-8-12-22(36-2)13-9-20/h6-13,23H,3-5,14-17H2,1-2H3,(H,29,30,34). The molecule has 1 unspecified atom stereocenters. The van der Waals surface area contributed by atoms with E-state index in [1.165, 1.54) is 11.3 Å². The lowest BCUT2D eigenvalue weighted by Crippen LogP contribution is -2.50. The summed E-state index contributed by atoms with van der Waals surface area (Å²) in [5, 5.41) is 3.43. The second-order valence-corrected chi connectivity index (χ2v) is 10.5. The number of carbonyl (C=O) groups is 3. The minimum Gasteiger partial charge on any atom is -0.497 e. The number of aryl methyl sites for hydroxylation is 1. The first-order chi connectivity index (χ1) is 17.9. The number of fused-ring (bicyclic) bond motifs is 1.